The van der Waals surface area contributed by atoms with Gasteiger partial charge in [-0.15, -0.1) is 0 Å². The van der Waals surface area contributed by atoms with Crippen molar-refractivity contribution in [1.29, 1.82) is 0 Å². The second-order valence-electron chi connectivity index (χ2n) is 5.23. The molecule has 118 valence electrons. The minimum atomic E-state index is -4.10. The highest BCUT2D eigenvalue weighted by molar-refractivity contribution is 7.91. The zero-order valence-electron chi connectivity index (χ0n) is 11.7. The second-order valence-corrected chi connectivity index (χ2v) is 8.93. The topological polar surface area (TPSA) is 83.6 Å². The molecule has 6 nitrogen and oxygen atoms in total. The van der Waals surface area contributed by atoms with Crippen molar-refractivity contribution in [2.75, 3.05) is 26.4 Å². The zero-order valence-corrected chi connectivity index (χ0v) is 13.3. The Kier molecular flexibility index (Phi) is 4.39. The molecule has 1 aliphatic heterocycles. The summed E-state index contributed by atoms with van der Waals surface area (Å²) in [7, 11) is -5.84. The SMILES string of the molecule is CN1CCC(NS(=O)(=O)c2cc(S(C)(=O)=O)ccc2F)C1. The Bertz CT molecular complexity index is 747. The van der Waals surface area contributed by atoms with Crippen LogP contribution in [0, 0.1) is 5.82 Å². The molecule has 1 aliphatic rings. The highest BCUT2D eigenvalue weighted by atomic mass is 32.2. The molecule has 1 aromatic carbocycles. The smallest absolute Gasteiger partial charge is 0.243 e. The molecule has 0 radical (unpaired) electrons. The Labute approximate surface area is 123 Å². The number of nitrogens with zero attached hydrogens (tertiary/aromatic N) is 1. The summed E-state index contributed by atoms with van der Waals surface area (Å²) < 4.78 is 63.6. The number of hydrogen-bond acceptors (Lipinski definition) is 5. The quantitative estimate of drug-likeness (QED) is 0.795. The van der Waals surface area contributed by atoms with Crippen LogP contribution in [0.1, 0.15) is 6.42 Å². The van der Waals surface area contributed by atoms with Crippen molar-refractivity contribution >= 4 is 19.9 Å². The van der Waals surface area contributed by atoms with Gasteiger partial charge in [0.1, 0.15) is 10.7 Å². The monoisotopic (exact) mass is 336 g/mol. The van der Waals surface area contributed by atoms with Crippen LogP contribution in [0.4, 0.5) is 4.39 Å². The van der Waals surface area contributed by atoms with Crippen LogP contribution in [-0.2, 0) is 19.9 Å². The van der Waals surface area contributed by atoms with E-state index in [0.29, 0.717) is 13.0 Å². The van der Waals surface area contributed by atoms with Crippen molar-refractivity contribution in [3.05, 3.63) is 24.0 Å². The van der Waals surface area contributed by atoms with Crippen LogP contribution >= 0.6 is 0 Å². The number of sulfone groups is 1. The molecule has 0 amide bonds. The lowest BCUT2D eigenvalue weighted by Gasteiger charge is -2.14. The van der Waals surface area contributed by atoms with E-state index in [2.05, 4.69) is 4.72 Å². The fourth-order valence-electron chi connectivity index (χ4n) is 2.23. The Morgan fingerprint density at radius 3 is 2.48 bits per heavy atom. The van der Waals surface area contributed by atoms with Gasteiger partial charge in [0.25, 0.3) is 0 Å². The van der Waals surface area contributed by atoms with Crippen LogP contribution in [0.3, 0.4) is 0 Å². The Hall–Kier alpha value is -1.03. The van der Waals surface area contributed by atoms with E-state index in [1.165, 1.54) is 0 Å². The minimum Gasteiger partial charge on any atom is -0.305 e. The molecule has 1 aromatic rings. The molecule has 9 heteroatoms. The first-order valence-corrected chi connectivity index (χ1v) is 9.67. The van der Waals surface area contributed by atoms with Gasteiger partial charge in [-0.3, -0.25) is 0 Å². The third-order valence-electron chi connectivity index (χ3n) is 3.33. The van der Waals surface area contributed by atoms with Crippen molar-refractivity contribution in [1.82, 2.24) is 9.62 Å². The fourth-order valence-corrected chi connectivity index (χ4v) is 4.32. The molecular weight excluding hydrogens is 319 g/mol. The molecule has 1 unspecified atom stereocenters. The van der Waals surface area contributed by atoms with Crippen LogP contribution in [0.15, 0.2) is 28.0 Å². The number of likely N-dealkylation sites (tertiary alicyclic amines) is 1. The van der Waals surface area contributed by atoms with E-state index in [4.69, 9.17) is 0 Å². The molecule has 1 fully saturated rings. The summed E-state index contributed by atoms with van der Waals surface area (Å²) in [6.45, 7) is 1.28. The van der Waals surface area contributed by atoms with Crippen LogP contribution in [0.5, 0.6) is 0 Å². The summed E-state index contributed by atoms with van der Waals surface area (Å²) in [5, 5.41) is 0. The summed E-state index contributed by atoms with van der Waals surface area (Å²) in [4.78, 5) is 1.09. The van der Waals surface area contributed by atoms with Gasteiger partial charge in [0.15, 0.2) is 9.84 Å². The molecule has 0 saturated carbocycles. The number of likely N-dealkylation sites (N-methyl/N-ethyl adjacent to an activating group) is 1. The Balaban J connectivity index is 2.35. The normalized spacial score (nSPS) is 20.8. The molecule has 2 rings (SSSR count). The first kappa shape index (κ1) is 16.3. The predicted octanol–water partition coefficient (Wildman–Crippen LogP) is 0.212. The lowest BCUT2D eigenvalue weighted by Crippen LogP contribution is -2.36. The molecule has 0 aliphatic carbocycles. The summed E-state index contributed by atoms with van der Waals surface area (Å²) in [6.07, 6.45) is 1.57. The van der Waals surface area contributed by atoms with Crippen molar-refractivity contribution in [3.63, 3.8) is 0 Å². The highest BCUT2D eigenvalue weighted by Crippen LogP contribution is 2.20. The van der Waals surface area contributed by atoms with Crippen molar-refractivity contribution in [2.24, 2.45) is 0 Å². The first-order chi connectivity index (χ1) is 9.59. The molecule has 1 heterocycles. The lowest BCUT2D eigenvalue weighted by atomic mass is 10.3. The zero-order chi connectivity index (χ0) is 15.8. The summed E-state index contributed by atoms with van der Waals surface area (Å²) in [5.41, 5.74) is 0. The maximum atomic E-state index is 13.8. The summed E-state index contributed by atoms with van der Waals surface area (Å²) in [6, 6.07) is 2.45. The number of benzene rings is 1. The van der Waals surface area contributed by atoms with Crippen LogP contribution < -0.4 is 4.72 Å². The first-order valence-electron chi connectivity index (χ1n) is 6.30. The Morgan fingerprint density at radius 1 is 1.29 bits per heavy atom. The van der Waals surface area contributed by atoms with E-state index >= 15 is 0 Å². The van der Waals surface area contributed by atoms with Crippen LogP contribution in [0.25, 0.3) is 0 Å². The van der Waals surface area contributed by atoms with Gasteiger partial charge < -0.3 is 4.90 Å². The summed E-state index contributed by atoms with van der Waals surface area (Å²) >= 11 is 0. The summed E-state index contributed by atoms with van der Waals surface area (Å²) in [5.74, 6) is -0.971. The number of rotatable bonds is 4. The minimum absolute atomic E-state index is 0.229. The third-order valence-corrected chi connectivity index (χ3v) is 5.98. The molecule has 0 bridgehead atoms. The van der Waals surface area contributed by atoms with Gasteiger partial charge in [-0.1, -0.05) is 0 Å². The standard InChI is InChI=1S/C12H17FN2O4S2/c1-15-6-5-9(8-15)14-21(18,19)12-7-10(20(2,16)17)3-4-11(12)13/h3-4,7,9,14H,5-6,8H2,1-2H3. The number of nitrogens with one attached hydrogen (secondary N) is 1. The molecule has 21 heavy (non-hydrogen) atoms. The number of halogens is 1. The molecule has 0 spiro atoms. The second kappa shape index (κ2) is 5.64. The molecule has 1 atom stereocenters. The fraction of sp³-hybridized carbons (Fsp3) is 0.500. The molecule has 1 saturated heterocycles. The van der Waals surface area contributed by atoms with E-state index in [1.54, 1.807) is 0 Å². The highest BCUT2D eigenvalue weighted by Gasteiger charge is 2.28. The van der Waals surface area contributed by atoms with Crippen molar-refractivity contribution in [3.8, 4) is 0 Å². The lowest BCUT2D eigenvalue weighted by molar-refractivity contribution is 0.407. The molecule has 1 N–H and O–H groups in total. The maximum absolute atomic E-state index is 13.8. The molecular formula is C12H17FN2O4S2. The van der Waals surface area contributed by atoms with Gasteiger partial charge in [0.05, 0.1) is 4.90 Å². The van der Waals surface area contributed by atoms with Gasteiger partial charge in [-0.05, 0) is 38.2 Å². The van der Waals surface area contributed by atoms with E-state index in [0.717, 1.165) is 31.0 Å². The van der Waals surface area contributed by atoms with Crippen molar-refractivity contribution < 1.29 is 21.2 Å². The van der Waals surface area contributed by atoms with E-state index < -0.39 is 30.6 Å². The largest absolute Gasteiger partial charge is 0.305 e. The Morgan fingerprint density at radius 2 is 1.95 bits per heavy atom. The van der Waals surface area contributed by atoms with Gasteiger partial charge in [0, 0.05) is 18.8 Å². The van der Waals surface area contributed by atoms with Crippen molar-refractivity contribution in [2.45, 2.75) is 22.3 Å². The van der Waals surface area contributed by atoms with Gasteiger partial charge in [-0.2, -0.15) is 0 Å². The third kappa shape index (κ3) is 3.79. The van der Waals surface area contributed by atoms with Gasteiger partial charge in [0.2, 0.25) is 10.0 Å². The van der Waals surface area contributed by atoms with E-state index in [9.17, 15) is 21.2 Å². The maximum Gasteiger partial charge on any atom is 0.243 e. The van der Waals surface area contributed by atoms with Gasteiger partial charge in [-0.25, -0.2) is 25.9 Å². The molecule has 0 aromatic heterocycles. The van der Waals surface area contributed by atoms with Crippen LogP contribution in [0.2, 0.25) is 0 Å². The number of sulfonamides is 1. The van der Waals surface area contributed by atoms with E-state index in [-0.39, 0.29) is 10.9 Å². The number of hydrogen-bond donors (Lipinski definition) is 1. The predicted molar refractivity (Wildman–Crippen MR) is 75.7 cm³/mol. The van der Waals surface area contributed by atoms with Gasteiger partial charge >= 0.3 is 0 Å². The van der Waals surface area contributed by atoms with E-state index in [1.807, 2.05) is 11.9 Å². The average molecular weight is 336 g/mol. The average Bonchev–Trinajstić information content (AvgIpc) is 2.72. The van der Waals surface area contributed by atoms with Crippen LogP contribution in [-0.4, -0.2) is 54.2 Å².